The van der Waals surface area contributed by atoms with Crippen LogP contribution >= 0.6 is 11.6 Å². The fraction of sp³-hybridized carbons (Fsp3) is 0.364. The number of amides is 1. The number of halogens is 1. The lowest BCUT2D eigenvalue weighted by atomic mass is 10.1. The number of aryl methyl sites for hydroxylation is 1. The molecule has 0 saturated carbocycles. The van der Waals surface area contributed by atoms with E-state index in [1.54, 1.807) is 17.7 Å². The van der Waals surface area contributed by atoms with Crippen LogP contribution in [0, 0.1) is 0 Å². The number of carbonyl (C=O) groups is 1. The summed E-state index contributed by atoms with van der Waals surface area (Å²) in [6, 6.07) is 4.33. The number of ether oxygens (including phenoxy) is 1. The third-order valence-corrected chi connectivity index (χ3v) is 3.74. The molecule has 1 amide bonds. The number of nitrogens with one attached hydrogen (secondary N) is 1. The van der Waals surface area contributed by atoms with E-state index in [0.717, 1.165) is 0 Å². The van der Waals surface area contributed by atoms with Crippen molar-refractivity contribution in [2.24, 2.45) is 0 Å². The molecule has 1 unspecified atom stereocenters. The molecule has 0 heterocycles. The molecule has 0 saturated heterocycles. The number of rotatable bonds is 4. The number of carbonyl (C=O) groups excluding carboxylic acids is 1. The Hall–Kier alpha value is -1.47. The van der Waals surface area contributed by atoms with Crippen molar-refractivity contribution in [3.63, 3.8) is 0 Å². The van der Waals surface area contributed by atoms with Gasteiger partial charge in [0.1, 0.15) is 0 Å². The van der Waals surface area contributed by atoms with Crippen molar-refractivity contribution in [1.82, 2.24) is 4.72 Å². The lowest BCUT2D eigenvalue weighted by Gasteiger charge is -2.12. The van der Waals surface area contributed by atoms with Gasteiger partial charge in [0.05, 0.1) is 4.90 Å². The fourth-order valence-corrected chi connectivity index (χ4v) is 2.73. The number of benzene rings is 1. The van der Waals surface area contributed by atoms with Crippen molar-refractivity contribution < 1.29 is 17.9 Å². The van der Waals surface area contributed by atoms with E-state index in [2.05, 4.69) is 4.74 Å². The summed E-state index contributed by atoms with van der Waals surface area (Å²) in [6.07, 6.45) is -0.663. The summed E-state index contributed by atoms with van der Waals surface area (Å²) in [6.45, 7) is 3.18. The molecule has 0 radical (unpaired) electrons. The molecule has 0 bridgehead atoms. The van der Waals surface area contributed by atoms with E-state index >= 15 is 0 Å². The van der Waals surface area contributed by atoms with E-state index in [1.807, 2.05) is 0 Å². The largest absolute Gasteiger partial charge is 0.429 e. The summed E-state index contributed by atoms with van der Waals surface area (Å²) in [5, 5.41) is 0. The molecule has 0 aromatic heterocycles. The average molecular weight is 307 g/mol. The topological polar surface area (TPSA) is 98.5 Å². The molecule has 0 aliphatic heterocycles. The SMILES string of the molecule is CCc1cc(N)ccc1S(=O)(=O)NC(=O)OC(C)Cl. The van der Waals surface area contributed by atoms with Gasteiger partial charge in [-0.25, -0.2) is 17.9 Å². The number of anilines is 1. The molecule has 0 spiro atoms. The van der Waals surface area contributed by atoms with E-state index in [-0.39, 0.29) is 4.90 Å². The Kier molecular flexibility index (Phi) is 5.02. The summed E-state index contributed by atoms with van der Waals surface area (Å²) >= 11 is 5.43. The van der Waals surface area contributed by atoms with Gasteiger partial charge in [0.25, 0.3) is 10.0 Å². The normalized spacial score (nSPS) is 12.8. The smallest absolute Gasteiger partial charge is 0.422 e. The average Bonchev–Trinajstić information content (AvgIpc) is 2.26. The van der Waals surface area contributed by atoms with Crippen molar-refractivity contribution in [2.45, 2.75) is 30.7 Å². The predicted octanol–water partition coefficient (Wildman–Crippen LogP) is 1.83. The maximum Gasteiger partial charge on any atom is 0.422 e. The summed E-state index contributed by atoms with van der Waals surface area (Å²) in [5.41, 5.74) is 5.63. The molecule has 0 aliphatic carbocycles. The van der Waals surface area contributed by atoms with Gasteiger partial charge >= 0.3 is 6.09 Å². The Bertz CT molecular complexity index is 572. The molecule has 19 heavy (non-hydrogen) atoms. The van der Waals surface area contributed by atoms with Crippen LogP contribution in [-0.4, -0.2) is 20.1 Å². The number of hydrogen-bond donors (Lipinski definition) is 2. The molecule has 8 heteroatoms. The summed E-state index contributed by atoms with van der Waals surface area (Å²) in [4.78, 5) is 11.3. The highest BCUT2D eigenvalue weighted by Gasteiger charge is 2.22. The summed E-state index contributed by atoms with van der Waals surface area (Å²) in [5.74, 6) is 0. The Morgan fingerprint density at radius 1 is 1.53 bits per heavy atom. The van der Waals surface area contributed by atoms with Crippen LogP contribution in [0.25, 0.3) is 0 Å². The molecule has 1 atom stereocenters. The molecule has 3 N–H and O–H groups in total. The maximum atomic E-state index is 12.0. The standard InChI is InChI=1S/C11H15ClN2O4S/c1-3-8-6-9(13)4-5-10(8)19(16,17)14-11(15)18-7(2)12/h4-7H,3,13H2,1-2H3,(H,14,15). The van der Waals surface area contributed by atoms with Gasteiger partial charge in [0, 0.05) is 5.69 Å². The quantitative estimate of drug-likeness (QED) is 0.653. The third-order valence-electron chi connectivity index (χ3n) is 2.24. The van der Waals surface area contributed by atoms with Crippen LogP contribution in [0.5, 0.6) is 0 Å². The van der Waals surface area contributed by atoms with Crippen molar-refractivity contribution >= 4 is 33.4 Å². The van der Waals surface area contributed by atoms with Crippen molar-refractivity contribution in [1.29, 1.82) is 0 Å². The monoisotopic (exact) mass is 306 g/mol. The van der Waals surface area contributed by atoms with E-state index in [0.29, 0.717) is 17.7 Å². The fourth-order valence-electron chi connectivity index (χ4n) is 1.47. The van der Waals surface area contributed by atoms with Gasteiger partial charge in [-0.15, -0.1) is 0 Å². The van der Waals surface area contributed by atoms with Gasteiger partial charge in [-0.2, -0.15) is 0 Å². The molecule has 0 fully saturated rings. The van der Waals surface area contributed by atoms with Crippen LogP contribution in [0.4, 0.5) is 10.5 Å². The van der Waals surface area contributed by atoms with Gasteiger partial charge < -0.3 is 10.5 Å². The first-order valence-electron chi connectivity index (χ1n) is 5.52. The molecule has 106 valence electrons. The number of alkyl halides is 1. The summed E-state index contributed by atoms with van der Waals surface area (Å²) in [7, 11) is -4.00. The first-order valence-corrected chi connectivity index (χ1v) is 7.44. The number of nitrogens with two attached hydrogens (primary N) is 1. The minimum Gasteiger partial charge on any atom is -0.429 e. The van der Waals surface area contributed by atoms with E-state index in [1.165, 1.54) is 19.1 Å². The first kappa shape index (κ1) is 15.6. The third kappa shape index (κ3) is 4.29. The Labute approximate surface area is 116 Å². The summed E-state index contributed by atoms with van der Waals surface area (Å²) < 4.78 is 30.3. The van der Waals surface area contributed by atoms with Gasteiger partial charge in [0.2, 0.25) is 0 Å². The second-order valence-corrected chi connectivity index (χ2v) is 6.04. The second kappa shape index (κ2) is 6.12. The zero-order chi connectivity index (χ0) is 14.6. The highest BCUT2D eigenvalue weighted by atomic mass is 35.5. The minimum atomic E-state index is -4.00. The zero-order valence-corrected chi connectivity index (χ0v) is 12.1. The van der Waals surface area contributed by atoms with Crippen LogP contribution in [0.1, 0.15) is 19.4 Å². The van der Waals surface area contributed by atoms with Crippen LogP contribution < -0.4 is 10.5 Å². The van der Waals surface area contributed by atoms with Crippen LogP contribution in [0.2, 0.25) is 0 Å². The van der Waals surface area contributed by atoms with Crippen molar-refractivity contribution in [2.75, 3.05) is 5.73 Å². The molecular weight excluding hydrogens is 292 g/mol. The van der Waals surface area contributed by atoms with Crippen molar-refractivity contribution in [3.8, 4) is 0 Å². The van der Waals surface area contributed by atoms with Gasteiger partial charge in [0.15, 0.2) is 5.56 Å². The molecule has 1 rings (SSSR count). The highest BCUT2D eigenvalue weighted by molar-refractivity contribution is 7.90. The molecule has 1 aromatic rings. The van der Waals surface area contributed by atoms with Gasteiger partial charge in [-0.3, -0.25) is 0 Å². The minimum absolute atomic E-state index is 0.0108. The Morgan fingerprint density at radius 2 is 2.16 bits per heavy atom. The Balaban J connectivity index is 3.04. The van der Waals surface area contributed by atoms with E-state index < -0.39 is 21.7 Å². The first-order chi connectivity index (χ1) is 8.76. The van der Waals surface area contributed by atoms with Crippen LogP contribution in [0.3, 0.4) is 0 Å². The second-order valence-electron chi connectivity index (χ2n) is 3.77. The van der Waals surface area contributed by atoms with Gasteiger partial charge in [-0.05, 0) is 37.1 Å². The molecule has 0 aliphatic rings. The Morgan fingerprint density at radius 3 is 2.68 bits per heavy atom. The van der Waals surface area contributed by atoms with E-state index in [4.69, 9.17) is 17.3 Å². The number of sulfonamides is 1. The van der Waals surface area contributed by atoms with Crippen LogP contribution in [0.15, 0.2) is 23.1 Å². The maximum absolute atomic E-state index is 12.0. The van der Waals surface area contributed by atoms with Crippen LogP contribution in [-0.2, 0) is 21.2 Å². The van der Waals surface area contributed by atoms with Crippen molar-refractivity contribution in [3.05, 3.63) is 23.8 Å². The molecule has 1 aromatic carbocycles. The zero-order valence-electron chi connectivity index (χ0n) is 10.5. The predicted molar refractivity (Wildman–Crippen MR) is 72.3 cm³/mol. The number of nitrogen functional groups attached to an aromatic ring is 1. The van der Waals surface area contributed by atoms with Gasteiger partial charge in [-0.1, -0.05) is 18.5 Å². The molecular formula is C11H15ClN2O4S. The number of hydrogen-bond acceptors (Lipinski definition) is 5. The highest BCUT2D eigenvalue weighted by Crippen LogP contribution is 2.19. The van der Waals surface area contributed by atoms with E-state index in [9.17, 15) is 13.2 Å². The molecule has 6 nitrogen and oxygen atoms in total. The lowest BCUT2D eigenvalue weighted by Crippen LogP contribution is -2.32. The lowest BCUT2D eigenvalue weighted by molar-refractivity contribution is 0.145.